The lowest BCUT2D eigenvalue weighted by molar-refractivity contribution is -0.132. The Morgan fingerprint density at radius 1 is 1.44 bits per heavy atom. The maximum Gasteiger partial charge on any atom is 0.243 e. The highest BCUT2D eigenvalue weighted by atomic mass is 32.2. The topological polar surface area (TPSA) is 66.5 Å². The molecule has 0 aliphatic carbocycles. The fourth-order valence-corrected chi connectivity index (χ4v) is 2.17. The van der Waals surface area contributed by atoms with E-state index in [1.165, 1.54) is 13.8 Å². The smallest absolute Gasteiger partial charge is 0.243 e. The Bertz CT molecular complexity index is 376. The van der Waals surface area contributed by atoms with Crippen molar-refractivity contribution >= 4 is 15.7 Å². The maximum atomic E-state index is 12.1. The van der Waals surface area contributed by atoms with Gasteiger partial charge in [-0.05, 0) is 27.3 Å². The van der Waals surface area contributed by atoms with Crippen LogP contribution in [0.3, 0.4) is 0 Å². The number of sulfone groups is 1. The Balaban J connectivity index is 2.80. The van der Waals surface area contributed by atoms with Crippen molar-refractivity contribution in [3.05, 3.63) is 0 Å². The third-order valence-corrected chi connectivity index (χ3v) is 5.35. The van der Waals surface area contributed by atoms with Gasteiger partial charge in [0.25, 0.3) is 0 Å². The summed E-state index contributed by atoms with van der Waals surface area (Å²) in [5.41, 5.74) is 0. The fourth-order valence-electron chi connectivity index (χ4n) is 1.72. The van der Waals surface area contributed by atoms with Crippen LogP contribution in [0.2, 0.25) is 0 Å². The van der Waals surface area contributed by atoms with E-state index in [1.54, 1.807) is 4.90 Å². The zero-order valence-electron chi connectivity index (χ0n) is 10.3. The van der Waals surface area contributed by atoms with Crippen molar-refractivity contribution in [2.45, 2.75) is 31.1 Å². The molecule has 1 fully saturated rings. The lowest BCUT2D eigenvalue weighted by Gasteiger charge is -2.27. The summed E-state index contributed by atoms with van der Waals surface area (Å²) >= 11 is 0. The molecule has 0 aromatic carbocycles. The molecule has 1 aliphatic rings. The molecule has 1 amide bonds. The number of carbonyl (C=O) groups excluding carboxylic acids is 1. The Morgan fingerprint density at radius 3 is 2.38 bits per heavy atom. The number of carbonyl (C=O) groups is 1. The van der Waals surface area contributed by atoms with Gasteiger partial charge >= 0.3 is 0 Å². The van der Waals surface area contributed by atoms with Crippen molar-refractivity contribution in [1.29, 1.82) is 0 Å². The van der Waals surface area contributed by atoms with Gasteiger partial charge < -0.3 is 10.2 Å². The van der Waals surface area contributed by atoms with Gasteiger partial charge in [0.1, 0.15) is 4.75 Å². The molecular weight excluding hydrogens is 228 g/mol. The summed E-state index contributed by atoms with van der Waals surface area (Å²) in [5, 5.41) is 3.10. The molecule has 16 heavy (non-hydrogen) atoms. The number of hydrogen-bond acceptors (Lipinski definition) is 4. The van der Waals surface area contributed by atoms with Gasteiger partial charge in [-0.25, -0.2) is 8.42 Å². The summed E-state index contributed by atoms with van der Waals surface area (Å²) in [7, 11) is -1.53. The van der Waals surface area contributed by atoms with Gasteiger partial charge in [-0.1, -0.05) is 0 Å². The predicted molar refractivity (Wildman–Crippen MR) is 63.0 cm³/mol. The average Bonchev–Trinajstić information content (AvgIpc) is 2.62. The number of nitrogens with zero attached hydrogens (tertiary/aromatic N) is 1. The maximum absolute atomic E-state index is 12.1. The molecule has 6 heteroatoms. The Hall–Kier alpha value is -0.620. The van der Waals surface area contributed by atoms with Crippen LogP contribution in [0.15, 0.2) is 0 Å². The molecule has 94 valence electrons. The minimum Gasteiger partial charge on any atom is -0.340 e. The van der Waals surface area contributed by atoms with E-state index in [1.807, 2.05) is 7.05 Å². The second-order valence-corrected chi connectivity index (χ2v) is 7.37. The van der Waals surface area contributed by atoms with Gasteiger partial charge in [-0.3, -0.25) is 4.79 Å². The summed E-state index contributed by atoms with van der Waals surface area (Å²) < 4.78 is 21.8. The van der Waals surface area contributed by atoms with Crippen molar-refractivity contribution in [3.8, 4) is 0 Å². The number of rotatable bonds is 3. The van der Waals surface area contributed by atoms with Gasteiger partial charge in [-0.2, -0.15) is 0 Å². The van der Waals surface area contributed by atoms with E-state index >= 15 is 0 Å². The molecular formula is C10H20N2O3S. The minimum absolute atomic E-state index is 0.277. The largest absolute Gasteiger partial charge is 0.340 e. The van der Waals surface area contributed by atoms with Crippen LogP contribution in [0.5, 0.6) is 0 Å². The van der Waals surface area contributed by atoms with Gasteiger partial charge in [0.2, 0.25) is 5.91 Å². The number of likely N-dealkylation sites (tertiary alicyclic amines) is 1. The molecule has 1 N–H and O–H groups in total. The first-order valence-corrected chi connectivity index (χ1v) is 7.25. The Morgan fingerprint density at radius 2 is 2.00 bits per heavy atom. The zero-order valence-corrected chi connectivity index (χ0v) is 11.1. The number of nitrogens with one attached hydrogen (secondary N) is 1. The first-order chi connectivity index (χ1) is 7.20. The summed E-state index contributed by atoms with van der Waals surface area (Å²) in [6, 6.07) is 0.277. The fraction of sp³-hybridized carbons (Fsp3) is 0.900. The molecule has 1 saturated heterocycles. The van der Waals surface area contributed by atoms with E-state index in [4.69, 9.17) is 0 Å². The van der Waals surface area contributed by atoms with Crippen molar-refractivity contribution in [1.82, 2.24) is 10.2 Å². The number of hydrogen-bond donors (Lipinski definition) is 1. The van der Waals surface area contributed by atoms with Crippen LogP contribution in [0, 0.1) is 0 Å². The third kappa shape index (κ3) is 2.38. The van der Waals surface area contributed by atoms with Crippen LogP contribution in [0.1, 0.15) is 20.3 Å². The third-order valence-electron chi connectivity index (χ3n) is 3.33. The summed E-state index contributed by atoms with van der Waals surface area (Å²) in [6.45, 7) is 4.16. The normalized spacial score (nSPS) is 22.5. The molecule has 0 radical (unpaired) electrons. The lowest BCUT2D eigenvalue weighted by atomic mass is 10.2. The minimum atomic E-state index is -3.37. The van der Waals surface area contributed by atoms with Crippen molar-refractivity contribution in [2.75, 3.05) is 26.4 Å². The van der Waals surface area contributed by atoms with Gasteiger partial charge in [-0.15, -0.1) is 0 Å². The first kappa shape index (κ1) is 13.4. The van der Waals surface area contributed by atoms with E-state index in [9.17, 15) is 13.2 Å². The molecule has 1 aliphatic heterocycles. The van der Waals surface area contributed by atoms with Crippen LogP contribution in [-0.2, 0) is 14.6 Å². The van der Waals surface area contributed by atoms with Crippen LogP contribution < -0.4 is 5.32 Å². The monoisotopic (exact) mass is 248 g/mol. The molecule has 0 aromatic rings. The van der Waals surface area contributed by atoms with E-state index < -0.39 is 14.6 Å². The molecule has 1 unspecified atom stereocenters. The summed E-state index contributed by atoms with van der Waals surface area (Å²) in [4.78, 5) is 13.7. The van der Waals surface area contributed by atoms with Crippen LogP contribution in [0.4, 0.5) is 0 Å². The van der Waals surface area contributed by atoms with Crippen LogP contribution >= 0.6 is 0 Å². The van der Waals surface area contributed by atoms with Crippen LogP contribution in [-0.4, -0.2) is 56.4 Å². The summed E-state index contributed by atoms with van der Waals surface area (Å²) in [6.07, 6.45) is 1.98. The second kappa shape index (κ2) is 4.33. The van der Waals surface area contributed by atoms with E-state index in [0.717, 1.165) is 12.7 Å². The lowest BCUT2D eigenvalue weighted by Crippen LogP contribution is -2.49. The van der Waals surface area contributed by atoms with Crippen molar-refractivity contribution in [2.24, 2.45) is 0 Å². The molecule has 1 rings (SSSR count). The molecule has 0 spiro atoms. The van der Waals surface area contributed by atoms with Gasteiger partial charge in [0, 0.05) is 25.4 Å². The highest BCUT2D eigenvalue weighted by molar-refractivity contribution is 7.92. The highest BCUT2D eigenvalue weighted by Gasteiger charge is 2.42. The van der Waals surface area contributed by atoms with Gasteiger partial charge in [0.05, 0.1) is 0 Å². The molecule has 0 aromatic heterocycles. The Kier molecular flexibility index (Phi) is 3.64. The molecule has 5 nitrogen and oxygen atoms in total. The average molecular weight is 248 g/mol. The molecule has 0 bridgehead atoms. The van der Waals surface area contributed by atoms with E-state index in [0.29, 0.717) is 13.1 Å². The predicted octanol–water partition coefficient (Wildman–Crippen LogP) is -0.370. The molecule has 1 atom stereocenters. The standard InChI is InChI=1S/C10H20N2O3S/c1-10(2,16(4,14)15)9(13)12-6-5-8(7-12)11-3/h8,11H,5-7H2,1-4H3. The van der Waals surface area contributed by atoms with Crippen LogP contribution in [0.25, 0.3) is 0 Å². The van der Waals surface area contributed by atoms with E-state index in [2.05, 4.69) is 5.32 Å². The Labute approximate surface area is 97.1 Å². The quantitative estimate of drug-likeness (QED) is 0.740. The molecule has 0 saturated carbocycles. The molecule has 1 heterocycles. The second-order valence-electron chi connectivity index (χ2n) is 4.81. The number of amides is 1. The highest BCUT2D eigenvalue weighted by Crippen LogP contribution is 2.21. The first-order valence-electron chi connectivity index (χ1n) is 5.36. The summed E-state index contributed by atoms with van der Waals surface area (Å²) in [5.74, 6) is -0.298. The van der Waals surface area contributed by atoms with E-state index in [-0.39, 0.29) is 11.9 Å². The SMILES string of the molecule is CNC1CCN(C(=O)C(C)(C)S(C)(=O)=O)C1. The van der Waals surface area contributed by atoms with Crippen molar-refractivity contribution in [3.63, 3.8) is 0 Å². The number of likely N-dealkylation sites (N-methyl/N-ethyl adjacent to an activating group) is 1. The van der Waals surface area contributed by atoms with Crippen molar-refractivity contribution < 1.29 is 13.2 Å². The van der Waals surface area contributed by atoms with Gasteiger partial charge in [0.15, 0.2) is 9.84 Å². The zero-order chi connectivity index (χ0) is 12.6.